The second-order valence-corrected chi connectivity index (χ2v) is 6.44. The van der Waals surface area contributed by atoms with Crippen LogP contribution in [0.2, 0.25) is 0 Å². The maximum Gasteiger partial charge on any atom is 0.242 e. The van der Waals surface area contributed by atoms with Crippen LogP contribution in [-0.4, -0.2) is 22.6 Å². The summed E-state index contributed by atoms with van der Waals surface area (Å²) in [5, 5.41) is 15.3. The van der Waals surface area contributed by atoms with Gasteiger partial charge in [-0.25, -0.2) is 0 Å². The number of aryl methyl sites for hydroxylation is 1. The maximum atomic E-state index is 12.0. The van der Waals surface area contributed by atoms with Crippen molar-refractivity contribution in [1.82, 2.24) is 4.57 Å². The molecule has 2 atom stereocenters. The third-order valence-electron chi connectivity index (χ3n) is 4.66. The molecule has 0 aliphatic rings. The van der Waals surface area contributed by atoms with Crippen molar-refractivity contribution in [3.05, 3.63) is 94.3 Å². The van der Waals surface area contributed by atoms with Gasteiger partial charge in [0.05, 0.1) is 7.11 Å². The Morgan fingerprint density at radius 1 is 1.07 bits per heavy atom. The molecule has 0 saturated carbocycles. The highest BCUT2D eigenvalue weighted by Gasteiger charge is 2.34. The first-order valence-electron chi connectivity index (χ1n) is 8.77. The van der Waals surface area contributed by atoms with Gasteiger partial charge >= 0.3 is 0 Å². The number of nitrogens with zero attached hydrogens (tertiary/aromatic N) is 2. The smallest absolute Gasteiger partial charge is 0.242 e. The zero-order valence-corrected chi connectivity index (χ0v) is 15.4. The van der Waals surface area contributed by atoms with Crippen LogP contribution >= 0.6 is 0 Å². The fraction of sp³-hybridized carbons (Fsp3) is 0.238. The first-order valence-corrected chi connectivity index (χ1v) is 8.77. The minimum atomic E-state index is -0.817. The molecular weight excluding hydrogens is 342 g/mol. The Labute approximate surface area is 158 Å². The van der Waals surface area contributed by atoms with Crippen LogP contribution in [0.15, 0.2) is 72.9 Å². The second kappa shape index (κ2) is 8.40. The second-order valence-electron chi connectivity index (χ2n) is 6.44. The van der Waals surface area contributed by atoms with Gasteiger partial charge in [-0.05, 0) is 42.0 Å². The van der Waals surface area contributed by atoms with Crippen molar-refractivity contribution in [2.45, 2.75) is 18.5 Å². The molecule has 2 aromatic carbocycles. The lowest BCUT2D eigenvalue weighted by Crippen LogP contribution is -2.35. The van der Waals surface area contributed by atoms with E-state index in [1.807, 2.05) is 84.5 Å². The molecule has 6 nitrogen and oxygen atoms in total. The Balaban J connectivity index is 1.93. The number of rotatable bonds is 8. The molecule has 3 aromatic rings. The van der Waals surface area contributed by atoms with Crippen molar-refractivity contribution in [2.24, 2.45) is 7.05 Å². The van der Waals surface area contributed by atoms with Gasteiger partial charge in [0.15, 0.2) is 0 Å². The van der Waals surface area contributed by atoms with Gasteiger partial charge in [0.2, 0.25) is 6.04 Å². The average molecular weight is 365 g/mol. The van der Waals surface area contributed by atoms with Crippen molar-refractivity contribution in [1.29, 1.82) is 0 Å². The van der Waals surface area contributed by atoms with E-state index in [4.69, 9.17) is 4.74 Å². The summed E-state index contributed by atoms with van der Waals surface area (Å²) in [6, 6.07) is 19.5. The number of methoxy groups -OCH3 is 1. The predicted octanol–water partition coefficient (Wildman–Crippen LogP) is 4.07. The molecule has 140 valence electrons. The highest BCUT2D eigenvalue weighted by Crippen LogP contribution is 2.28. The first-order chi connectivity index (χ1) is 13.1. The molecule has 0 amide bonds. The van der Waals surface area contributed by atoms with Crippen molar-refractivity contribution in [3.63, 3.8) is 0 Å². The third kappa shape index (κ3) is 4.47. The van der Waals surface area contributed by atoms with Crippen LogP contribution in [0.1, 0.15) is 17.3 Å². The monoisotopic (exact) mass is 365 g/mol. The van der Waals surface area contributed by atoms with Crippen LogP contribution < -0.4 is 10.1 Å². The number of anilines is 1. The minimum Gasteiger partial charge on any atom is -0.497 e. The number of nitrogens with one attached hydrogen (secondary N) is 1. The van der Waals surface area contributed by atoms with E-state index in [1.54, 1.807) is 7.11 Å². The minimum absolute atomic E-state index is 0.193. The number of hydrogen-bond acceptors (Lipinski definition) is 4. The third-order valence-corrected chi connectivity index (χ3v) is 4.66. The van der Waals surface area contributed by atoms with E-state index in [0.29, 0.717) is 6.42 Å². The lowest BCUT2D eigenvalue weighted by Gasteiger charge is -2.24. The van der Waals surface area contributed by atoms with Crippen molar-refractivity contribution < 1.29 is 9.66 Å². The van der Waals surface area contributed by atoms with Crippen molar-refractivity contribution in [3.8, 4) is 5.75 Å². The standard InChI is InChI=1S/C21H23N3O3/c1-23-14-6-9-19(23)21(22-17-10-12-18(27-2)13-11-17)20(24(25)26)15-16-7-4-3-5-8-16/h3-14,20-22H,15H2,1-2H3/t20-,21+/m1/s1. The molecule has 0 aliphatic heterocycles. The lowest BCUT2D eigenvalue weighted by atomic mass is 9.97. The van der Waals surface area contributed by atoms with E-state index in [9.17, 15) is 10.1 Å². The van der Waals surface area contributed by atoms with E-state index in [1.165, 1.54) is 0 Å². The molecule has 0 unspecified atom stereocenters. The van der Waals surface area contributed by atoms with Gasteiger partial charge in [0.1, 0.15) is 11.8 Å². The first kappa shape index (κ1) is 18.5. The lowest BCUT2D eigenvalue weighted by molar-refractivity contribution is -0.525. The molecule has 0 aliphatic carbocycles. The summed E-state index contributed by atoms with van der Waals surface area (Å²) < 4.78 is 7.11. The van der Waals surface area contributed by atoms with Gasteiger partial charge in [0, 0.05) is 36.0 Å². The Morgan fingerprint density at radius 3 is 2.33 bits per heavy atom. The fourth-order valence-electron chi connectivity index (χ4n) is 3.20. The molecule has 1 N–H and O–H groups in total. The van der Waals surface area contributed by atoms with Crippen LogP contribution in [-0.2, 0) is 13.5 Å². The van der Waals surface area contributed by atoms with Gasteiger partial charge in [-0.15, -0.1) is 0 Å². The fourth-order valence-corrected chi connectivity index (χ4v) is 3.20. The molecule has 0 saturated heterocycles. The molecule has 6 heteroatoms. The van der Waals surface area contributed by atoms with Gasteiger partial charge in [-0.2, -0.15) is 0 Å². The van der Waals surface area contributed by atoms with E-state index >= 15 is 0 Å². The number of ether oxygens (including phenoxy) is 1. The predicted molar refractivity (Wildman–Crippen MR) is 106 cm³/mol. The highest BCUT2D eigenvalue weighted by atomic mass is 16.6. The SMILES string of the molecule is COc1ccc(N[C@@H](c2cccn2C)[C@@H](Cc2ccccc2)[N+](=O)[O-])cc1. The summed E-state index contributed by atoms with van der Waals surface area (Å²) in [5.74, 6) is 0.742. The van der Waals surface area contributed by atoms with Crippen LogP contribution in [0.4, 0.5) is 5.69 Å². The van der Waals surface area contributed by atoms with E-state index < -0.39 is 12.1 Å². The summed E-state index contributed by atoms with van der Waals surface area (Å²) >= 11 is 0. The summed E-state index contributed by atoms with van der Waals surface area (Å²) in [6.07, 6.45) is 2.24. The van der Waals surface area contributed by atoms with Crippen molar-refractivity contribution in [2.75, 3.05) is 12.4 Å². The largest absolute Gasteiger partial charge is 0.497 e. The van der Waals surface area contributed by atoms with Crippen molar-refractivity contribution >= 4 is 5.69 Å². The normalized spacial score (nSPS) is 13.0. The Hall–Kier alpha value is -3.28. The topological polar surface area (TPSA) is 69.3 Å². The molecule has 27 heavy (non-hydrogen) atoms. The van der Waals surface area contributed by atoms with Crippen LogP contribution in [0.3, 0.4) is 0 Å². The van der Waals surface area contributed by atoms with Crippen LogP contribution in [0.5, 0.6) is 5.75 Å². The summed E-state index contributed by atoms with van der Waals surface area (Å²) in [4.78, 5) is 11.8. The van der Waals surface area contributed by atoms with E-state index in [-0.39, 0.29) is 4.92 Å². The Morgan fingerprint density at radius 2 is 1.78 bits per heavy atom. The van der Waals surface area contributed by atoms with Crippen LogP contribution in [0.25, 0.3) is 0 Å². The Bertz CT molecular complexity index is 875. The zero-order chi connectivity index (χ0) is 19.2. The van der Waals surface area contributed by atoms with Crippen LogP contribution in [0, 0.1) is 10.1 Å². The van der Waals surface area contributed by atoms with Gasteiger partial charge in [-0.3, -0.25) is 10.1 Å². The molecule has 3 rings (SSSR count). The number of nitro groups is 1. The molecule has 1 heterocycles. The summed E-state index contributed by atoms with van der Waals surface area (Å²) in [6.45, 7) is 0. The molecular formula is C21H23N3O3. The molecule has 0 spiro atoms. The average Bonchev–Trinajstić information content (AvgIpc) is 3.11. The quantitative estimate of drug-likeness (QED) is 0.482. The van der Waals surface area contributed by atoms with Gasteiger partial charge in [0.25, 0.3) is 0 Å². The zero-order valence-electron chi connectivity index (χ0n) is 15.4. The summed E-state index contributed by atoms with van der Waals surface area (Å²) in [5.41, 5.74) is 2.61. The Kier molecular flexibility index (Phi) is 5.76. The number of aromatic nitrogens is 1. The highest BCUT2D eigenvalue weighted by molar-refractivity contribution is 5.48. The molecule has 0 bridgehead atoms. The number of hydrogen-bond donors (Lipinski definition) is 1. The summed E-state index contributed by atoms with van der Waals surface area (Å²) in [7, 11) is 3.51. The van der Waals surface area contributed by atoms with Gasteiger partial charge < -0.3 is 14.6 Å². The number of benzene rings is 2. The molecule has 0 radical (unpaired) electrons. The van der Waals surface area contributed by atoms with E-state index in [2.05, 4.69) is 5.32 Å². The maximum absolute atomic E-state index is 12.0. The van der Waals surface area contributed by atoms with E-state index in [0.717, 1.165) is 22.7 Å². The van der Waals surface area contributed by atoms with Gasteiger partial charge in [-0.1, -0.05) is 30.3 Å². The molecule has 0 fully saturated rings. The molecule has 1 aromatic heterocycles.